The van der Waals surface area contributed by atoms with Gasteiger partial charge in [-0.15, -0.1) is 0 Å². The number of carbonyl (C=O) groups excluding carboxylic acids is 1. The van der Waals surface area contributed by atoms with E-state index in [2.05, 4.69) is 17.1 Å². The second-order valence-corrected chi connectivity index (χ2v) is 6.27. The highest BCUT2D eigenvalue weighted by Crippen LogP contribution is 2.26. The Balaban J connectivity index is 1.53. The summed E-state index contributed by atoms with van der Waals surface area (Å²) in [5.74, 6) is 1.24. The Hall–Kier alpha value is -2.73. The molecule has 2 aromatic rings. The van der Waals surface area contributed by atoms with Gasteiger partial charge >= 0.3 is 0 Å². The van der Waals surface area contributed by atoms with Crippen molar-refractivity contribution in [2.75, 3.05) is 49.7 Å². The molecule has 6 nitrogen and oxygen atoms in total. The quantitative estimate of drug-likeness (QED) is 0.772. The highest BCUT2D eigenvalue weighted by atomic mass is 16.5. The average Bonchev–Trinajstić information content (AvgIpc) is 2.72. The first-order valence-electron chi connectivity index (χ1n) is 9.33. The lowest BCUT2D eigenvalue weighted by Crippen LogP contribution is -2.36. The molecular formula is C21H26N2O4. The predicted molar refractivity (Wildman–Crippen MR) is 106 cm³/mol. The van der Waals surface area contributed by atoms with Crippen molar-refractivity contribution < 1.29 is 19.0 Å². The van der Waals surface area contributed by atoms with Crippen LogP contribution < -0.4 is 19.7 Å². The van der Waals surface area contributed by atoms with E-state index in [4.69, 9.17) is 14.2 Å². The molecule has 27 heavy (non-hydrogen) atoms. The average molecular weight is 370 g/mol. The van der Waals surface area contributed by atoms with Gasteiger partial charge in [0.05, 0.1) is 31.2 Å². The van der Waals surface area contributed by atoms with Gasteiger partial charge in [-0.2, -0.15) is 0 Å². The van der Waals surface area contributed by atoms with Gasteiger partial charge in [-0.1, -0.05) is 19.1 Å². The number of anilines is 2. The highest BCUT2D eigenvalue weighted by molar-refractivity contribution is 5.95. The van der Waals surface area contributed by atoms with Gasteiger partial charge in [0.2, 0.25) is 0 Å². The lowest BCUT2D eigenvalue weighted by atomic mass is 10.2. The summed E-state index contributed by atoms with van der Waals surface area (Å²) in [4.78, 5) is 14.5. The molecule has 1 fully saturated rings. The van der Waals surface area contributed by atoms with Crippen molar-refractivity contribution in [1.29, 1.82) is 0 Å². The van der Waals surface area contributed by atoms with Crippen LogP contribution in [0.25, 0.3) is 0 Å². The molecule has 0 radical (unpaired) electrons. The largest absolute Gasteiger partial charge is 0.494 e. The van der Waals surface area contributed by atoms with Gasteiger partial charge in [0.25, 0.3) is 5.91 Å². The van der Waals surface area contributed by atoms with Crippen molar-refractivity contribution in [1.82, 2.24) is 0 Å². The fourth-order valence-electron chi connectivity index (χ4n) is 2.85. The molecular weight excluding hydrogens is 344 g/mol. The molecule has 0 aromatic heterocycles. The van der Waals surface area contributed by atoms with Gasteiger partial charge in [0, 0.05) is 13.1 Å². The standard InChI is InChI=1S/C21H26N2O4/c1-2-13-26-17-7-9-18(10-8-17)27-16-21(24)22-19-5-3-4-6-20(19)23-11-14-25-15-12-23/h3-10H,2,11-16H2,1H3,(H,22,24). The van der Waals surface area contributed by atoms with Gasteiger partial charge in [0.1, 0.15) is 11.5 Å². The number of morpholine rings is 1. The highest BCUT2D eigenvalue weighted by Gasteiger charge is 2.15. The van der Waals surface area contributed by atoms with Crippen LogP contribution in [0.1, 0.15) is 13.3 Å². The van der Waals surface area contributed by atoms with Crippen LogP contribution in [0.3, 0.4) is 0 Å². The Morgan fingerprint density at radius 2 is 1.70 bits per heavy atom. The van der Waals surface area contributed by atoms with Crippen molar-refractivity contribution in [2.24, 2.45) is 0 Å². The Kier molecular flexibility index (Phi) is 6.93. The maximum absolute atomic E-state index is 12.3. The number of nitrogens with zero attached hydrogens (tertiary/aromatic N) is 1. The first-order chi connectivity index (χ1) is 13.3. The number of benzene rings is 2. The summed E-state index contributed by atoms with van der Waals surface area (Å²) in [6.45, 7) is 5.73. The summed E-state index contributed by atoms with van der Waals surface area (Å²) in [5.41, 5.74) is 1.79. The van der Waals surface area contributed by atoms with Crippen LogP contribution in [0.4, 0.5) is 11.4 Å². The molecule has 0 spiro atoms. The van der Waals surface area contributed by atoms with Gasteiger partial charge in [-0.05, 0) is 42.8 Å². The summed E-state index contributed by atoms with van der Waals surface area (Å²) < 4.78 is 16.5. The van der Waals surface area contributed by atoms with E-state index in [0.29, 0.717) is 25.6 Å². The molecule has 0 aliphatic carbocycles. The number of nitrogens with one attached hydrogen (secondary N) is 1. The fourth-order valence-corrected chi connectivity index (χ4v) is 2.85. The smallest absolute Gasteiger partial charge is 0.262 e. The third kappa shape index (κ3) is 5.62. The fraction of sp³-hybridized carbons (Fsp3) is 0.381. The number of hydrogen-bond donors (Lipinski definition) is 1. The van der Waals surface area contributed by atoms with E-state index >= 15 is 0 Å². The van der Waals surface area contributed by atoms with Crippen LogP contribution in [-0.2, 0) is 9.53 Å². The Bertz CT molecular complexity index is 727. The molecule has 144 valence electrons. The van der Waals surface area contributed by atoms with Crippen LogP contribution in [0, 0.1) is 0 Å². The molecule has 1 amide bonds. The molecule has 1 heterocycles. The zero-order valence-electron chi connectivity index (χ0n) is 15.6. The van der Waals surface area contributed by atoms with E-state index in [1.165, 1.54) is 0 Å². The Labute approximate surface area is 160 Å². The number of carbonyl (C=O) groups is 1. The molecule has 1 saturated heterocycles. The Morgan fingerprint density at radius 3 is 2.41 bits per heavy atom. The van der Waals surface area contributed by atoms with Crippen molar-refractivity contribution in [3.05, 3.63) is 48.5 Å². The number of amides is 1. The van der Waals surface area contributed by atoms with Crippen LogP contribution in [0.5, 0.6) is 11.5 Å². The molecule has 6 heteroatoms. The molecule has 2 aromatic carbocycles. The summed E-state index contributed by atoms with van der Waals surface area (Å²) in [6, 6.07) is 15.1. The first-order valence-corrected chi connectivity index (χ1v) is 9.33. The minimum absolute atomic E-state index is 0.0490. The molecule has 0 bridgehead atoms. The van der Waals surface area contributed by atoms with Crippen molar-refractivity contribution in [2.45, 2.75) is 13.3 Å². The molecule has 3 rings (SSSR count). The van der Waals surface area contributed by atoms with Crippen molar-refractivity contribution >= 4 is 17.3 Å². The second-order valence-electron chi connectivity index (χ2n) is 6.27. The lowest BCUT2D eigenvalue weighted by molar-refractivity contribution is -0.118. The predicted octanol–water partition coefficient (Wildman–Crippen LogP) is 3.33. The van der Waals surface area contributed by atoms with Crippen LogP contribution in [0.2, 0.25) is 0 Å². The third-order valence-electron chi connectivity index (χ3n) is 4.20. The van der Waals surface area contributed by atoms with E-state index in [-0.39, 0.29) is 12.5 Å². The summed E-state index contributed by atoms with van der Waals surface area (Å²) in [5, 5.41) is 2.95. The summed E-state index contributed by atoms with van der Waals surface area (Å²) in [6.07, 6.45) is 0.963. The third-order valence-corrected chi connectivity index (χ3v) is 4.20. The zero-order valence-corrected chi connectivity index (χ0v) is 15.6. The van der Waals surface area contributed by atoms with E-state index in [1.807, 2.05) is 36.4 Å². The molecule has 0 saturated carbocycles. The number of ether oxygens (including phenoxy) is 3. The molecule has 0 unspecified atom stereocenters. The zero-order chi connectivity index (χ0) is 18.9. The van der Waals surface area contributed by atoms with E-state index < -0.39 is 0 Å². The topological polar surface area (TPSA) is 60.0 Å². The van der Waals surface area contributed by atoms with Crippen LogP contribution in [0.15, 0.2) is 48.5 Å². The minimum Gasteiger partial charge on any atom is -0.494 e. The van der Waals surface area contributed by atoms with Crippen LogP contribution >= 0.6 is 0 Å². The first kappa shape index (κ1) is 19.0. The lowest BCUT2D eigenvalue weighted by Gasteiger charge is -2.30. The Morgan fingerprint density at radius 1 is 1.04 bits per heavy atom. The van der Waals surface area contributed by atoms with E-state index in [1.54, 1.807) is 12.1 Å². The van der Waals surface area contributed by atoms with Crippen molar-refractivity contribution in [3.63, 3.8) is 0 Å². The maximum atomic E-state index is 12.3. The minimum atomic E-state index is -0.193. The number of hydrogen-bond acceptors (Lipinski definition) is 5. The summed E-state index contributed by atoms with van der Waals surface area (Å²) >= 11 is 0. The van der Waals surface area contributed by atoms with E-state index in [0.717, 1.165) is 36.6 Å². The number of para-hydroxylation sites is 2. The van der Waals surface area contributed by atoms with Gasteiger partial charge in [-0.25, -0.2) is 0 Å². The van der Waals surface area contributed by atoms with Crippen LogP contribution in [-0.4, -0.2) is 45.4 Å². The van der Waals surface area contributed by atoms with Gasteiger partial charge in [0.15, 0.2) is 6.61 Å². The monoisotopic (exact) mass is 370 g/mol. The SMILES string of the molecule is CCCOc1ccc(OCC(=O)Nc2ccccc2N2CCOCC2)cc1. The molecule has 1 N–H and O–H groups in total. The van der Waals surface area contributed by atoms with Crippen molar-refractivity contribution in [3.8, 4) is 11.5 Å². The molecule has 0 atom stereocenters. The number of rotatable bonds is 8. The maximum Gasteiger partial charge on any atom is 0.262 e. The molecule has 1 aliphatic rings. The summed E-state index contributed by atoms with van der Waals surface area (Å²) in [7, 11) is 0. The molecule has 1 aliphatic heterocycles. The van der Waals surface area contributed by atoms with Gasteiger partial charge < -0.3 is 24.4 Å². The normalized spacial score (nSPS) is 13.9. The van der Waals surface area contributed by atoms with E-state index in [9.17, 15) is 4.79 Å². The van der Waals surface area contributed by atoms with Gasteiger partial charge in [-0.3, -0.25) is 4.79 Å². The second kappa shape index (κ2) is 9.83.